The van der Waals surface area contributed by atoms with E-state index < -0.39 is 0 Å². The number of nitrogens with one attached hydrogen (secondary N) is 1. The molecule has 1 fully saturated rings. The summed E-state index contributed by atoms with van der Waals surface area (Å²) in [4.78, 5) is 2.65. The maximum absolute atomic E-state index is 3.31. The van der Waals surface area contributed by atoms with Crippen LogP contribution in [0.25, 0.3) is 0 Å². The number of benzene rings is 1. The third-order valence-corrected chi connectivity index (χ3v) is 3.92. The molecule has 1 saturated heterocycles. The molecule has 0 saturated carbocycles. The molecule has 0 bridgehead atoms. The lowest BCUT2D eigenvalue weighted by Gasteiger charge is -2.26. The van der Waals surface area contributed by atoms with Gasteiger partial charge in [-0.25, -0.2) is 0 Å². The van der Waals surface area contributed by atoms with E-state index in [0.717, 1.165) is 12.5 Å². The molecule has 0 amide bonds. The van der Waals surface area contributed by atoms with Crippen molar-refractivity contribution in [2.45, 2.75) is 31.7 Å². The Labute approximate surface area is 105 Å². The molecule has 2 atom stereocenters. The van der Waals surface area contributed by atoms with Gasteiger partial charge in [0.2, 0.25) is 0 Å². The average molecular weight is 232 g/mol. The molecule has 1 N–H and O–H groups in total. The Kier molecular flexibility index (Phi) is 4.57. The highest BCUT2D eigenvalue weighted by Gasteiger charge is 2.27. The summed E-state index contributed by atoms with van der Waals surface area (Å²) in [6.45, 7) is 5.87. The van der Waals surface area contributed by atoms with Crippen LogP contribution in [0.3, 0.4) is 0 Å². The largest absolute Gasteiger partial charge is 0.318 e. The van der Waals surface area contributed by atoms with Crippen LogP contribution in [0.1, 0.15) is 31.2 Å². The quantitative estimate of drug-likeness (QED) is 0.839. The molecule has 2 unspecified atom stereocenters. The first-order valence-electron chi connectivity index (χ1n) is 6.78. The molecule has 1 aromatic carbocycles. The van der Waals surface area contributed by atoms with E-state index in [1.807, 2.05) is 7.05 Å². The van der Waals surface area contributed by atoms with Crippen molar-refractivity contribution in [3.05, 3.63) is 35.9 Å². The number of likely N-dealkylation sites (N-methyl/N-ethyl adjacent to an activating group) is 1. The SMILES string of the molecule is CCC(CNC)N1CCC(c2ccccc2)C1. The topological polar surface area (TPSA) is 15.3 Å². The van der Waals surface area contributed by atoms with Crippen LogP contribution in [0.5, 0.6) is 0 Å². The summed E-state index contributed by atoms with van der Waals surface area (Å²) >= 11 is 0. The van der Waals surface area contributed by atoms with Crippen LogP contribution in [0.2, 0.25) is 0 Å². The second kappa shape index (κ2) is 6.18. The number of hydrogen-bond donors (Lipinski definition) is 1. The Hall–Kier alpha value is -0.860. The Bertz CT molecular complexity index is 323. The van der Waals surface area contributed by atoms with Crippen molar-refractivity contribution >= 4 is 0 Å². The first-order chi connectivity index (χ1) is 8.35. The lowest BCUT2D eigenvalue weighted by Crippen LogP contribution is -2.39. The van der Waals surface area contributed by atoms with E-state index in [-0.39, 0.29) is 0 Å². The zero-order chi connectivity index (χ0) is 12.1. The average Bonchev–Trinajstić information content (AvgIpc) is 2.86. The van der Waals surface area contributed by atoms with Crippen LogP contribution < -0.4 is 5.32 Å². The normalized spacial score (nSPS) is 22.8. The van der Waals surface area contributed by atoms with Gasteiger partial charge in [0.05, 0.1) is 0 Å². The smallest absolute Gasteiger partial charge is 0.0218 e. The summed E-state index contributed by atoms with van der Waals surface area (Å²) in [5.41, 5.74) is 1.51. The summed E-state index contributed by atoms with van der Waals surface area (Å²) in [6.07, 6.45) is 2.55. The van der Waals surface area contributed by atoms with Gasteiger partial charge in [-0.15, -0.1) is 0 Å². The van der Waals surface area contributed by atoms with Gasteiger partial charge in [-0.2, -0.15) is 0 Å². The summed E-state index contributed by atoms with van der Waals surface area (Å²) in [5, 5.41) is 3.31. The molecule has 17 heavy (non-hydrogen) atoms. The molecule has 1 aromatic rings. The molecule has 0 aromatic heterocycles. The monoisotopic (exact) mass is 232 g/mol. The Morgan fingerprint density at radius 3 is 2.76 bits per heavy atom. The third kappa shape index (κ3) is 3.08. The van der Waals surface area contributed by atoms with Crippen molar-refractivity contribution in [3.63, 3.8) is 0 Å². The van der Waals surface area contributed by atoms with E-state index in [1.54, 1.807) is 0 Å². The molecular formula is C15H24N2. The van der Waals surface area contributed by atoms with Crippen LogP contribution >= 0.6 is 0 Å². The fourth-order valence-electron chi connectivity index (χ4n) is 2.88. The van der Waals surface area contributed by atoms with E-state index in [2.05, 4.69) is 47.5 Å². The lowest BCUT2D eigenvalue weighted by atomic mass is 9.99. The zero-order valence-corrected chi connectivity index (χ0v) is 11.0. The standard InChI is InChI=1S/C15H24N2/c1-3-15(11-16-2)17-10-9-14(12-17)13-7-5-4-6-8-13/h4-8,14-16H,3,9-12H2,1-2H3. The second-order valence-corrected chi connectivity index (χ2v) is 5.01. The molecule has 1 aliphatic heterocycles. The molecule has 94 valence electrons. The second-order valence-electron chi connectivity index (χ2n) is 5.01. The maximum Gasteiger partial charge on any atom is 0.0218 e. The van der Waals surface area contributed by atoms with Crippen molar-refractivity contribution in [1.82, 2.24) is 10.2 Å². The summed E-state index contributed by atoms with van der Waals surface area (Å²) in [7, 11) is 2.05. The van der Waals surface area contributed by atoms with Crippen LogP contribution in [0, 0.1) is 0 Å². The highest BCUT2D eigenvalue weighted by Crippen LogP contribution is 2.28. The first-order valence-corrected chi connectivity index (χ1v) is 6.78. The molecule has 0 aliphatic carbocycles. The van der Waals surface area contributed by atoms with E-state index in [0.29, 0.717) is 6.04 Å². The maximum atomic E-state index is 3.31. The predicted molar refractivity (Wildman–Crippen MR) is 73.4 cm³/mol. The minimum Gasteiger partial charge on any atom is -0.318 e. The fourth-order valence-corrected chi connectivity index (χ4v) is 2.88. The minimum atomic E-state index is 0.703. The van der Waals surface area contributed by atoms with Gasteiger partial charge in [-0.1, -0.05) is 37.3 Å². The molecule has 2 rings (SSSR count). The van der Waals surface area contributed by atoms with Gasteiger partial charge in [-0.3, -0.25) is 4.90 Å². The molecule has 0 radical (unpaired) electrons. The molecule has 1 aliphatic rings. The van der Waals surface area contributed by atoms with Gasteiger partial charge in [0.1, 0.15) is 0 Å². The van der Waals surface area contributed by atoms with Crippen LogP contribution in [-0.2, 0) is 0 Å². The lowest BCUT2D eigenvalue weighted by molar-refractivity contribution is 0.230. The van der Waals surface area contributed by atoms with Gasteiger partial charge in [-0.05, 0) is 37.9 Å². The van der Waals surface area contributed by atoms with Crippen LogP contribution in [-0.4, -0.2) is 37.6 Å². The highest BCUT2D eigenvalue weighted by molar-refractivity contribution is 5.21. The van der Waals surface area contributed by atoms with E-state index in [9.17, 15) is 0 Å². The van der Waals surface area contributed by atoms with Crippen molar-refractivity contribution in [3.8, 4) is 0 Å². The van der Waals surface area contributed by atoms with Gasteiger partial charge in [0, 0.05) is 19.1 Å². The zero-order valence-electron chi connectivity index (χ0n) is 11.0. The fraction of sp³-hybridized carbons (Fsp3) is 0.600. The van der Waals surface area contributed by atoms with Crippen LogP contribution in [0.4, 0.5) is 0 Å². The molecule has 1 heterocycles. The van der Waals surface area contributed by atoms with E-state index >= 15 is 0 Å². The number of likely N-dealkylation sites (tertiary alicyclic amines) is 1. The van der Waals surface area contributed by atoms with Gasteiger partial charge >= 0.3 is 0 Å². The van der Waals surface area contributed by atoms with Crippen molar-refractivity contribution < 1.29 is 0 Å². The van der Waals surface area contributed by atoms with Crippen molar-refractivity contribution in [2.75, 3.05) is 26.7 Å². The van der Waals surface area contributed by atoms with Gasteiger partial charge in [0.15, 0.2) is 0 Å². The minimum absolute atomic E-state index is 0.703. The Morgan fingerprint density at radius 2 is 2.12 bits per heavy atom. The Balaban J connectivity index is 1.95. The van der Waals surface area contributed by atoms with E-state index in [1.165, 1.54) is 31.5 Å². The third-order valence-electron chi connectivity index (χ3n) is 3.92. The summed E-state index contributed by atoms with van der Waals surface area (Å²) in [5.74, 6) is 0.738. The highest BCUT2D eigenvalue weighted by atomic mass is 15.2. The first kappa shape index (κ1) is 12.6. The predicted octanol–water partition coefficient (Wildman–Crippen LogP) is 2.47. The molecule has 2 nitrogen and oxygen atoms in total. The number of rotatable bonds is 5. The van der Waals surface area contributed by atoms with Gasteiger partial charge in [0.25, 0.3) is 0 Å². The van der Waals surface area contributed by atoms with Crippen molar-refractivity contribution in [2.24, 2.45) is 0 Å². The number of nitrogens with zero attached hydrogens (tertiary/aromatic N) is 1. The molecule has 0 spiro atoms. The summed E-state index contributed by atoms with van der Waals surface area (Å²) < 4.78 is 0. The Morgan fingerprint density at radius 1 is 1.35 bits per heavy atom. The molecular weight excluding hydrogens is 208 g/mol. The summed E-state index contributed by atoms with van der Waals surface area (Å²) in [6, 6.07) is 11.7. The van der Waals surface area contributed by atoms with Gasteiger partial charge < -0.3 is 5.32 Å². The van der Waals surface area contributed by atoms with Crippen LogP contribution in [0.15, 0.2) is 30.3 Å². The van der Waals surface area contributed by atoms with E-state index in [4.69, 9.17) is 0 Å². The number of hydrogen-bond acceptors (Lipinski definition) is 2. The molecule has 2 heteroatoms. The van der Waals surface area contributed by atoms with Crippen molar-refractivity contribution in [1.29, 1.82) is 0 Å².